The molecule has 3 heterocycles. The lowest BCUT2D eigenvalue weighted by Crippen LogP contribution is -2.44. The lowest BCUT2D eigenvalue weighted by molar-refractivity contribution is -0.139. The van der Waals surface area contributed by atoms with Crippen LogP contribution in [0.3, 0.4) is 0 Å². The van der Waals surface area contributed by atoms with Crippen molar-refractivity contribution in [1.82, 2.24) is 14.8 Å². The van der Waals surface area contributed by atoms with Gasteiger partial charge in [-0.3, -0.25) is 14.6 Å². The van der Waals surface area contributed by atoms with E-state index in [1.54, 1.807) is 36.5 Å². The minimum Gasteiger partial charge on any atom is -0.348 e. The van der Waals surface area contributed by atoms with E-state index in [9.17, 15) is 9.59 Å². The van der Waals surface area contributed by atoms with E-state index in [0.29, 0.717) is 25.9 Å². The molecule has 1 atom stereocenters. The number of thiophene rings is 1. The van der Waals surface area contributed by atoms with Crippen molar-refractivity contribution in [1.29, 1.82) is 0 Å². The number of pyridine rings is 1. The van der Waals surface area contributed by atoms with Crippen molar-refractivity contribution in [3.05, 3.63) is 77.4 Å². The van der Waals surface area contributed by atoms with Gasteiger partial charge >= 0.3 is 0 Å². The third kappa shape index (κ3) is 4.69. The van der Waals surface area contributed by atoms with Gasteiger partial charge in [0.2, 0.25) is 11.8 Å². The van der Waals surface area contributed by atoms with Gasteiger partial charge in [0, 0.05) is 44.0 Å². The molecule has 160 valence electrons. The Morgan fingerprint density at radius 3 is 2.55 bits per heavy atom. The molecule has 0 spiro atoms. The Labute approximate surface area is 187 Å². The van der Waals surface area contributed by atoms with E-state index in [2.05, 4.69) is 40.7 Å². The summed E-state index contributed by atoms with van der Waals surface area (Å²) in [5.74, 6) is 0.114. The number of carbonyl (C=O) groups excluding carboxylic acids is 2. The average molecular weight is 434 g/mol. The van der Waals surface area contributed by atoms with Crippen LogP contribution in [-0.2, 0) is 22.4 Å². The third-order valence-corrected chi connectivity index (χ3v) is 6.85. The van der Waals surface area contributed by atoms with Crippen molar-refractivity contribution < 1.29 is 9.59 Å². The highest BCUT2D eigenvalue weighted by atomic mass is 32.1. The van der Waals surface area contributed by atoms with E-state index in [4.69, 9.17) is 0 Å². The van der Waals surface area contributed by atoms with Gasteiger partial charge in [0.15, 0.2) is 0 Å². The van der Waals surface area contributed by atoms with Gasteiger partial charge in [-0.15, -0.1) is 11.3 Å². The predicted molar refractivity (Wildman–Crippen MR) is 124 cm³/mol. The number of amides is 2. The standard InChI is InChI=1S/C25H27N3O2S/c1-27(2)24(30)25(17-19-8-10-20(11-9-19)22-7-5-15-31-22)12-14-28(18-25)23(29)16-21-6-3-4-13-26-21/h3-11,13,15H,12,14,16-18H2,1-2H3. The van der Waals surface area contributed by atoms with Crippen molar-refractivity contribution in [2.45, 2.75) is 19.3 Å². The van der Waals surface area contributed by atoms with Crippen LogP contribution >= 0.6 is 11.3 Å². The highest BCUT2D eigenvalue weighted by Gasteiger charge is 2.46. The van der Waals surface area contributed by atoms with Crippen molar-refractivity contribution in [2.24, 2.45) is 5.41 Å². The molecule has 0 N–H and O–H groups in total. The SMILES string of the molecule is CN(C)C(=O)C1(Cc2ccc(-c3cccs3)cc2)CCN(C(=O)Cc2ccccn2)C1. The van der Waals surface area contributed by atoms with Gasteiger partial charge in [-0.25, -0.2) is 0 Å². The smallest absolute Gasteiger partial charge is 0.230 e. The fourth-order valence-electron chi connectivity index (χ4n) is 4.34. The van der Waals surface area contributed by atoms with Gasteiger partial charge in [0.25, 0.3) is 0 Å². The monoisotopic (exact) mass is 433 g/mol. The van der Waals surface area contributed by atoms with Crippen LogP contribution in [0.25, 0.3) is 10.4 Å². The Morgan fingerprint density at radius 1 is 1.10 bits per heavy atom. The van der Waals surface area contributed by atoms with Crippen molar-refractivity contribution in [3.8, 4) is 10.4 Å². The maximum absolute atomic E-state index is 13.2. The maximum Gasteiger partial charge on any atom is 0.230 e. The molecule has 5 nitrogen and oxygen atoms in total. The summed E-state index contributed by atoms with van der Waals surface area (Å²) in [4.78, 5) is 35.1. The number of nitrogens with zero attached hydrogens (tertiary/aromatic N) is 3. The van der Waals surface area contributed by atoms with Gasteiger partial charge in [-0.1, -0.05) is 36.4 Å². The third-order valence-electron chi connectivity index (χ3n) is 5.93. The largest absolute Gasteiger partial charge is 0.348 e. The van der Waals surface area contributed by atoms with E-state index < -0.39 is 5.41 Å². The van der Waals surface area contributed by atoms with Crippen LogP contribution in [-0.4, -0.2) is 53.8 Å². The molecule has 6 heteroatoms. The molecule has 1 saturated heterocycles. The second-order valence-corrected chi connectivity index (χ2v) is 9.34. The summed E-state index contributed by atoms with van der Waals surface area (Å²) in [7, 11) is 3.59. The van der Waals surface area contributed by atoms with Crippen molar-refractivity contribution >= 4 is 23.2 Å². The first-order valence-electron chi connectivity index (χ1n) is 10.5. The molecule has 31 heavy (non-hydrogen) atoms. The topological polar surface area (TPSA) is 53.5 Å². The molecule has 1 fully saturated rings. The summed E-state index contributed by atoms with van der Waals surface area (Å²) in [5.41, 5.74) is 2.47. The molecule has 1 unspecified atom stereocenters. The summed E-state index contributed by atoms with van der Waals surface area (Å²) in [6.07, 6.45) is 3.27. The van der Waals surface area contributed by atoms with Crippen LogP contribution in [0.15, 0.2) is 66.2 Å². The van der Waals surface area contributed by atoms with Crippen molar-refractivity contribution in [3.63, 3.8) is 0 Å². The van der Waals surface area contributed by atoms with Crippen LogP contribution in [0, 0.1) is 5.41 Å². The Bertz CT molecular complexity index is 1030. The normalized spacial score (nSPS) is 18.2. The van der Waals surface area contributed by atoms with Crippen LogP contribution in [0.1, 0.15) is 17.7 Å². The Hall–Kier alpha value is -2.99. The molecule has 1 aliphatic rings. The second kappa shape index (κ2) is 9.02. The summed E-state index contributed by atoms with van der Waals surface area (Å²) >= 11 is 1.72. The van der Waals surface area contributed by atoms with E-state index in [0.717, 1.165) is 11.3 Å². The number of likely N-dealkylation sites (tertiary alicyclic amines) is 1. The summed E-state index contributed by atoms with van der Waals surface area (Å²) in [6.45, 7) is 1.04. The van der Waals surface area contributed by atoms with Crippen LogP contribution in [0.5, 0.6) is 0 Å². The van der Waals surface area contributed by atoms with Crippen LogP contribution in [0.2, 0.25) is 0 Å². The number of rotatable bonds is 6. The number of hydrogen-bond acceptors (Lipinski definition) is 4. The molecule has 0 radical (unpaired) electrons. The molecular weight excluding hydrogens is 406 g/mol. The summed E-state index contributed by atoms with van der Waals surface area (Å²) in [6, 6.07) is 18.2. The van der Waals surface area contributed by atoms with E-state index in [1.807, 2.05) is 29.2 Å². The van der Waals surface area contributed by atoms with Crippen LogP contribution < -0.4 is 0 Å². The quantitative estimate of drug-likeness (QED) is 0.592. The molecule has 2 amide bonds. The number of hydrogen-bond donors (Lipinski definition) is 0. The fraction of sp³-hybridized carbons (Fsp3) is 0.320. The first-order valence-corrected chi connectivity index (χ1v) is 11.4. The minimum absolute atomic E-state index is 0.0279. The molecule has 4 rings (SSSR count). The molecule has 2 aromatic heterocycles. The summed E-state index contributed by atoms with van der Waals surface area (Å²) in [5, 5.41) is 2.07. The second-order valence-electron chi connectivity index (χ2n) is 8.39. The fourth-order valence-corrected chi connectivity index (χ4v) is 5.08. The molecule has 3 aromatic rings. The zero-order chi connectivity index (χ0) is 21.8. The van der Waals surface area contributed by atoms with Gasteiger partial charge in [-0.2, -0.15) is 0 Å². The molecule has 0 aliphatic carbocycles. The zero-order valence-electron chi connectivity index (χ0n) is 18.0. The van der Waals surface area contributed by atoms with E-state index in [1.165, 1.54) is 10.4 Å². The first kappa shape index (κ1) is 21.2. The Balaban J connectivity index is 1.51. The predicted octanol–water partition coefficient (Wildman–Crippen LogP) is 3.90. The lowest BCUT2D eigenvalue weighted by atomic mass is 9.79. The number of benzene rings is 1. The molecule has 0 saturated carbocycles. The van der Waals surface area contributed by atoms with Gasteiger partial charge in [0.05, 0.1) is 11.8 Å². The van der Waals surface area contributed by atoms with E-state index >= 15 is 0 Å². The zero-order valence-corrected chi connectivity index (χ0v) is 18.8. The Kier molecular flexibility index (Phi) is 6.18. The minimum atomic E-state index is -0.590. The first-order chi connectivity index (χ1) is 15.0. The highest BCUT2D eigenvalue weighted by molar-refractivity contribution is 7.13. The average Bonchev–Trinajstić information content (AvgIpc) is 3.46. The van der Waals surface area contributed by atoms with Crippen molar-refractivity contribution in [2.75, 3.05) is 27.2 Å². The van der Waals surface area contributed by atoms with E-state index in [-0.39, 0.29) is 18.2 Å². The lowest BCUT2D eigenvalue weighted by Gasteiger charge is -2.31. The highest BCUT2D eigenvalue weighted by Crippen LogP contribution is 2.37. The van der Waals surface area contributed by atoms with Crippen LogP contribution in [0.4, 0.5) is 0 Å². The van der Waals surface area contributed by atoms with Gasteiger partial charge in [-0.05, 0) is 47.5 Å². The number of aromatic nitrogens is 1. The Morgan fingerprint density at radius 2 is 1.90 bits per heavy atom. The van der Waals surface area contributed by atoms with Gasteiger partial charge in [0.1, 0.15) is 0 Å². The summed E-state index contributed by atoms with van der Waals surface area (Å²) < 4.78 is 0. The number of carbonyl (C=O) groups is 2. The molecule has 0 bridgehead atoms. The molecule has 1 aromatic carbocycles. The molecule has 1 aliphatic heterocycles. The maximum atomic E-state index is 13.2. The molecular formula is C25H27N3O2S. The van der Waals surface area contributed by atoms with Gasteiger partial charge < -0.3 is 9.80 Å².